The molecule has 0 aromatic heterocycles. The van der Waals surface area contributed by atoms with Crippen molar-refractivity contribution in [2.75, 3.05) is 47.5 Å². The summed E-state index contributed by atoms with van der Waals surface area (Å²) in [5.74, 6) is -0.833. The van der Waals surface area contributed by atoms with Gasteiger partial charge in [0.05, 0.1) is 27.7 Å². The van der Waals surface area contributed by atoms with E-state index in [1.165, 1.54) is 148 Å². The van der Waals surface area contributed by atoms with Crippen LogP contribution < -0.4 is 4.89 Å². The number of carbonyl (C=O) groups is 2. The second-order valence-corrected chi connectivity index (χ2v) is 19.6. The first-order valence-electron chi connectivity index (χ1n) is 25.0. The number of quaternary nitrogens is 1. The van der Waals surface area contributed by atoms with Crippen LogP contribution in [0.2, 0.25) is 0 Å². The van der Waals surface area contributed by atoms with Crippen LogP contribution in [0.15, 0.2) is 24.3 Å². The van der Waals surface area contributed by atoms with Crippen LogP contribution in [0.3, 0.4) is 0 Å². The van der Waals surface area contributed by atoms with Crippen LogP contribution in [0.4, 0.5) is 0 Å². The van der Waals surface area contributed by atoms with E-state index in [0.717, 1.165) is 51.4 Å². The average molecular weight is 870 g/mol. The van der Waals surface area contributed by atoms with Crippen molar-refractivity contribution in [3.05, 3.63) is 24.3 Å². The molecule has 0 fully saturated rings. The van der Waals surface area contributed by atoms with Gasteiger partial charge in [0.25, 0.3) is 7.82 Å². The summed E-state index contributed by atoms with van der Waals surface area (Å²) in [5.41, 5.74) is 0. The molecule has 2 atom stereocenters. The van der Waals surface area contributed by atoms with E-state index in [2.05, 4.69) is 38.2 Å². The number of phosphoric acid groups is 1. The highest BCUT2D eigenvalue weighted by Crippen LogP contribution is 2.38. The van der Waals surface area contributed by atoms with Crippen molar-refractivity contribution in [1.82, 2.24) is 0 Å². The first kappa shape index (κ1) is 58.5. The second kappa shape index (κ2) is 42.8. The molecule has 0 saturated carbocycles. The molecule has 0 saturated heterocycles. The molecule has 0 radical (unpaired) electrons. The van der Waals surface area contributed by atoms with E-state index in [9.17, 15) is 19.0 Å². The van der Waals surface area contributed by atoms with Crippen LogP contribution in [0.1, 0.15) is 232 Å². The van der Waals surface area contributed by atoms with Crippen LogP contribution in [0.25, 0.3) is 0 Å². The van der Waals surface area contributed by atoms with Crippen molar-refractivity contribution in [3.63, 3.8) is 0 Å². The fourth-order valence-electron chi connectivity index (χ4n) is 7.00. The molecule has 354 valence electrons. The minimum atomic E-state index is -4.63. The lowest BCUT2D eigenvalue weighted by atomic mass is 10.1. The van der Waals surface area contributed by atoms with Gasteiger partial charge >= 0.3 is 11.9 Å². The Bertz CT molecular complexity index is 1070. The highest BCUT2D eigenvalue weighted by atomic mass is 31.2. The standard InChI is InChI=1S/C50H96NO8P/c1-6-8-10-12-14-16-18-20-22-24-25-27-29-31-33-35-37-39-41-43-50(53)59-48(47-58-60(54,55)57-45-44-51(3,4)5)46-56-49(52)42-40-38-36-34-32-30-28-26-23-21-19-17-15-13-11-9-7-2/h20-23,48H,6-19,24-47H2,1-5H3/b22-20-,23-21-/t48-/m1/s1. The Hall–Kier alpha value is -1.51. The highest BCUT2D eigenvalue weighted by Gasteiger charge is 2.21. The number of unbranched alkanes of at least 4 members (excludes halogenated alkanes) is 28. The molecule has 0 N–H and O–H groups in total. The van der Waals surface area contributed by atoms with Gasteiger partial charge < -0.3 is 27.9 Å². The summed E-state index contributed by atoms with van der Waals surface area (Å²) in [7, 11) is 1.17. The van der Waals surface area contributed by atoms with Gasteiger partial charge in [0.15, 0.2) is 6.10 Å². The normalized spacial score (nSPS) is 13.6. The Morgan fingerprint density at radius 2 is 0.850 bits per heavy atom. The van der Waals surface area contributed by atoms with E-state index < -0.39 is 26.5 Å². The van der Waals surface area contributed by atoms with E-state index in [-0.39, 0.29) is 32.0 Å². The minimum Gasteiger partial charge on any atom is -0.756 e. The summed E-state index contributed by atoms with van der Waals surface area (Å²) in [6, 6.07) is 0. The molecule has 0 aliphatic heterocycles. The van der Waals surface area contributed by atoms with Crippen LogP contribution in [-0.2, 0) is 32.7 Å². The number of phosphoric ester groups is 1. The summed E-state index contributed by atoms with van der Waals surface area (Å²) in [6.07, 6.45) is 47.7. The third-order valence-corrected chi connectivity index (χ3v) is 11.9. The maximum Gasteiger partial charge on any atom is 0.306 e. The third kappa shape index (κ3) is 46.0. The van der Waals surface area contributed by atoms with E-state index in [1.807, 2.05) is 21.1 Å². The molecule has 10 heteroatoms. The third-order valence-electron chi connectivity index (χ3n) is 10.9. The van der Waals surface area contributed by atoms with Gasteiger partial charge in [-0.15, -0.1) is 0 Å². The van der Waals surface area contributed by atoms with Crippen LogP contribution in [0.5, 0.6) is 0 Å². The molecule has 0 aromatic rings. The number of nitrogens with zero attached hydrogens (tertiary/aromatic N) is 1. The van der Waals surface area contributed by atoms with Gasteiger partial charge in [-0.3, -0.25) is 14.2 Å². The zero-order chi connectivity index (χ0) is 44.3. The van der Waals surface area contributed by atoms with E-state index >= 15 is 0 Å². The van der Waals surface area contributed by atoms with Crippen molar-refractivity contribution in [2.45, 2.75) is 238 Å². The van der Waals surface area contributed by atoms with Crippen molar-refractivity contribution in [3.8, 4) is 0 Å². The molecule has 9 nitrogen and oxygen atoms in total. The zero-order valence-corrected chi connectivity index (χ0v) is 40.8. The topological polar surface area (TPSA) is 111 Å². The van der Waals surface area contributed by atoms with Gasteiger partial charge in [-0.25, -0.2) is 0 Å². The van der Waals surface area contributed by atoms with Crippen LogP contribution in [0, 0.1) is 0 Å². The Morgan fingerprint density at radius 3 is 1.23 bits per heavy atom. The number of rotatable bonds is 46. The zero-order valence-electron chi connectivity index (χ0n) is 39.9. The van der Waals surface area contributed by atoms with E-state index in [4.69, 9.17) is 18.5 Å². The molecule has 1 unspecified atom stereocenters. The number of hydrogen-bond donors (Lipinski definition) is 0. The Balaban J connectivity index is 4.27. The molecule has 0 heterocycles. The largest absolute Gasteiger partial charge is 0.756 e. The van der Waals surface area contributed by atoms with Gasteiger partial charge in [0.2, 0.25) is 0 Å². The molecular formula is C50H96NO8P. The molecule has 0 spiro atoms. The van der Waals surface area contributed by atoms with Crippen LogP contribution in [-0.4, -0.2) is 70.0 Å². The highest BCUT2D eigenvalue weighted by molar-refractivity contribution is 7.45. The smallest absolute Gasteiger partial charge is 0.306 e. The maximum atomic E-state index is 12.7. The van der Waals surface area contributed by atoms with Crippen LogP contribution >= 0.6 is 7.82 Å². The number of carbonyl (C=O) groups excluding carboxylic acids is 2. The number of ether oxygens (including phenoxy) is 2. The lowest BCUT2D eigenvalue weighted by Crippen LogP contribution is -2.37. The van der Waals surface area contributed by atoms with Crippen molar-refractivity contribution < 1.29 is 42.1 Å². The van der Waals surface area contributed by atoms with Gasteiger partial charge in [0, 0.05) is 12.8 Å². The van der Waals surface area contributed by atoms with Gasteiger partial charge in [-0.1, -0.05) is 179 Å². The number of allylic oxidation sites excluding steroid dienone is 4. The quantitative estimate of drug-likeness (QED) is 0.0195. The lowest BCUT2D eigenvalue weighted by Gasteiger charge is -2.28. The van der Waals surface area contributed by atoms with E-state index in [1.54, 1.807) is 0 Å². The second-order valence-electron chi connectivity index (χ2n) is 18.2. The van der Waals surface area contributed by atoms with Gasteiger partial charge in [-0.2, -0.15) is 0 Å². The SMILES string of the molecule is CCCCCCCC/C=C\CCCCCCCCCCCC(=O)O[C@H](COC(=O)CCCCCCCCC/C=C\CCCCCCCC)COP(=O)([O-])OCC[N+](C)(C)C. The summed E-state index contributed by atoms with van der Waals surface area (Å²) in [5, 5.41) is 0. The summed E-state index contributed by atoms with van der Waals surface area (Å²) in [6.45, 7) is 4.24. The lowest BCUT2D eigenvalue weighted by molar-refractivity contribution is -0.870. The minimum absolute atomic E-state index is 0.0303. The fraction of sp³-hybridized carbons (Fsp3) is 0.880. The Kier molecular flexibility index (Phi) is 41.7. The average Bonchev–Trinajstić information content (AvgIpc) is 3.20. The molecule has 0 rings (SSSR count). The van der Waals surface area contributed by atoms with Crippen molar-refractivity contribution in [1.29, 1.82) is 0 Å². The number of hydrogen-bond acceptors (Lipinski definition) is 8. The summed E-state index contributed by atoms with van der Waals surface area (Å²) >= 11 is 0. The molecule has 0 aromatic carbocycles. The monoisotopic (exact) mass is 870 g/mol. The number of esters is 2. The Morgan fingerprint density at radius 1 is 0.500 bits per heavy atom. The predicted octanol–water partition coefficient (Wildman–Crippen LogP) is 14.1. The molecule has 0 aliphatic rings. The molecule has 0 bridgehead atoms. The molecule has 0 aliphatic carbocycles. The summed E-state index contributed by atoms with van der Waals surface area (Å²) in [4.78, 5) is 37.7. The van der Waals surface area contributed by atoms with E-state index in [0.29, 0.717) is 17.4 Å². The molecule has 0 amide bonds. The first-order chi connectivity index (χ1) is 29.0. The fourth-order valence-corrected chi connectivity index (χ4v) is 7.73. The summed E-state index contributed by atoms with van der Waals surface area (Å²) < 4.78 is 34.0. The predicted molar refractivity (Wildman–Crippen MR) is 250 cm³/mol. The van der Waals surface area contributed by atoms with Crippen molar-refractivity contribution in [2.24, 2.45) is 0 Å². The van der Waals surface area contributed by atoms with Gasteiger partial charge in [0.1, 0.15) is 19.8 Å². The number of likely N-dealkylation sites (N-methyl/N-ethyl adjacent to an activating group) is 1. The van der Waals surface area contributed by atoms with Crippen molar-refractivity contribution >= 4 is 19.8 Å². The molecular weight excluding hydrogens is 774 g/mol. The Labute approximate surface area is 370 Å². The molecule has 60 heavy (non-hydrogen) atoms. The van der Waals surface area contributed by atoms with Gasteiger partial charge in [-0.05, 0) is 64.2 Å². The maximum absolute atomic E-state index is 12.7. The first-order valence-corrected chi connectivity index (χ1v) is 26.5.